The first-order chi connectivity index (χ1) is 25.2. The van der Waals surface area contributed by atoms with Crippen molar-refractivity contribution < 1.29 is 23.5 Å². The van der Waals surface area contributed by atoms with E-state index in [0.29, 0.717) is 46.0 Å². The van der Waals surface area contributed by atoms with Crippen LogP contribution < -0.4 is 20.4 Å². The summed E-state index contributed by atoms with van der Waals surface area (Å²) in [5.41, 5.74) is 6.13. The average molecular weight is 716 g/mol. The number of carbonyl (C=O) groups is 3. The zero-order valence-corrected chi connectivity index (χ0v) is 29.8. The summed E-state index contributed by atoms with van der Waals surface area (Å²) in [4.78, 5) is 50.9. The number of rotatable bonds is 6. The largest absolute Gasteiger partial charge is 0.380 e. The fraction of sp³-hybridized carbons (Fsp3) is 0.268. The second-order valence-corrected chi connectivity index (χ2v) is 15.0. The monoisotopic (exact) mass is 715 g/mol. The Bertz CT molecular complexity index is 2180. The number of fused-ring (bicyclic) bond motifs is 3. The third-order valence-corrected chi connectivity index (χ3v) is 11.6. The highest BCUT2D eigenvalue weighted by Gasteiger charge is 2.42. The maximum absolute atomic E-state index is 14.5. The van der Waals surface area contributed by atoms with Crippen LogP contribution in [0.15, 0.2) is 85.1 Å². The third-order valence-electron chi connectivity index (χ3n) is 10.4. The van der Waals surface area contributed by atoms with Gasteiger partial charge in [0.15, 0.2) is 0 Å². The third kappa shape index (κ3) is 6.35. The number of hydrogen-bond acceptors (Lipinski definition) is 7. The number of amides is 3. The van der Waals surface area contributed by atoms with Gasteiger partial charge in [-0.05, 0) is 98.3 Å². The van der Waals surface area contributed by atoms with Crippen molar-refractivity contribution in [1.29, 1.82) is 0 Å². The molecule has 11 heteroatoms. The van der Waals surface area contributed by atoms with Gasteiger partial charge in [-0.1, -0.05) is 30.3 Å². The smallest absolute Gasteiger partial charge is 0.265 e. The van der Waals surface area contributed by atoms with Gasteiger partial charge in [-0.15, -0.1) is 11.3 Å². The van der Waals surface area contributed by atoms with Crippen LogP contribution in [0, 0.1) is 25.1 Å². The first kappa shape index (κ1) is 33.7. The van der Waals surface area contributed by atoms with Crippen molar-refractivity contribution >= 4 is 51.9 Å². The van der Waals surface area contributed by atoms with Crippen molar-refractivity contribution in [1.82, 2.24) is 4.98 Å². The molecule has 3 aliphatic rings. The van der Waals surface area contributed by atoms with Crippen molar-refractivity contribution in [2.45, 2.75) is 33.1 Å². The average Bonchev–Trinajstić information content (AvgIpc) is 3.51. The van der Waals surface area contributed by atoms with Gasteiger partial charge in [-0.25, -0.2) is 9.37 Å². The number of para-hydroxylation sites is 2. The number of nitrogens with one attached hydrogen (secondary N) is 2. The molecule has 2 aromatic heterocycles. The molecule has 2 saturated heterocycles. The molecule has 0 radical (unpaired) electrons. The quantitative estimate of drug-likeness (QED) is 0.185. The van der Waals surface area contributed by atoms with Crippen molar-refractivity contribution in [2.24, 2.45) is 5.41 Å². The van der Waals surface area contributed by atoms with E-state index in [1.54, 1.807) is 54.4 Å². The lowest BCUT2D eigenvalue weighted by atomic mass is 9.77. The Morgan fingerprint density at radius 1 is 0.885 bits per heavy atom. The van der Waals surface area contributed by atoms with Crippen LogP contribution >= 0.6 is 11.3 Å². The molecule has 2 N–H and O–H groups in total. The molecular formula is C41H38FN5O4S. The minimum atomic E-state index is -0.482. The van der Waals surface area contributed by atoms with E-state index < -0.39 is 5.82 Å². The molecule has 0 saturated carbocycles. The molecule has 0 aliphatic carbocycles. The van der Waals surface area contributed by atoms with Crippen molar-refractivity contribution in [3.05, 3.63) is 124 Å². The van der Waals surface area contributed by atoms with Crippen LogP contribution in [-0.2, 0) is 11.2 Å². The number of aryl methyl sites for hydroxylation is 2. The van der Waals surface area contributed by atoms with E-state index in [1.807, 2.05) is 43.3 Å². The van der Waals surface area contributed by atoms with Crippen LogP contribution in [0.25, 0.3) is 10.4 Å². The molecule has 1 spiro atoms. The van der Waals surface area contributed by atoms with Crippen molar-refractivity contribution in [3.8, 4) is 10.4 Å². The molecule has 0 unspecified atom stereocenters. The second-order valence-electron chi connectivity index (χ2n) is 14.0. The summed E-state index contributed by atoms with van der Waals surface area (Å²) < 4.78 is 19.9. The zero-order valence-electron chi connectivity index (χ0n) is 29.0. The van der Waals surface area contributed by atoms with E-state index in [4.69, 9.17) is 4.74 Å². The van der Waals surface area contributed by atoms with Crippen LogP contribution in [0.1, 0.15) is 59.9 Å². The molecule has 0 atom stereocenters. The summed E-state index contributed by atoms with van der Waals surface area (Å²) >= 11 is 1.33. The second kappa shape index (κ2) is 13.6. The van der Waals surface area contributed by atoms with Gasteiger partial charge in [0.25, 0.3) is 17.7 Å². The van der Waals surface area contributed by atoms with Crippen LogP contribution in [0.5, 0.6) is 0 Å². The fourth-order valence-corrected chi connectivity index (χ4v) is 8.43. The highest BCUT2D eigenvalue weighted by Crippen LogP contribution is 2.43. The number of ether oxygens (including phenoxy) is 1. The number of piperidine rings is 1. The molecule has 264 valence electrons. The van der Waals surface area contributed by atoms with Crippen LogP contribution in [0.2, 0.25) is 0 Å². The van der Waals surface area contributed by atoms with Gasteiger partial charge in [0.05, 0.1) is 35.0 Å². The first-order valence-electron chi connectivity index (χ1n) is 17.5. The molecule has 2 fully saturated rings. The Labute approximate surface area is 305 Å². The molecule has 5 heterocycles. The van der Waals surface area contributed by atoms with E-state index >= 15 is 0 Å². The molecule has 5 aromatic rings. The lowest BCUT2D eigenvalue weighted by Crippen LogP contribution is -2.51. The summed E-state index contributed by atoms with van der Waals surface area (Å²) in [6.07, 6.45) is 4.37. The minimum Gasteiger partial charge on any atom is -0.380 e. The SMILES string of the molecule is Cc1cnc(N2CCC3(CC2)COC3)c(C(=O)Nc2ccc(C(=O)N3CCc4cc(C(=O)Nc5c(C)cccc5F)sc4-c4ccccc43)cc2)c1. The molecular weight excluding hydrogens is 678 g/mol. The normalized spacial score (nSPS) is 16.0. The Kier molecular flexibility index (Phi) is 8.84. The van der Waals surface area contributed by atoms with E-state index in [0.717, 1.165) is 66.4 Å². The number of benzene rings is 3. The molecule has 8 rings (SSSR count). The van der Waals surface area contributed by atoms with Gasteiger partial charge < -0.3 is 25.2 Å². The Hall–Kier alpha value is -5.39. The minimum absolute atomic E-state index is 0.168. The summed E-state index contributed by atoms with van der Waals surface area (Å²) in [6.45, 7) is 7.37. The van der Waals surface area contributed by atoms with Crippen molar-refractivity contribution in [3.63, 3.8) is 0 Å². The van der Waals surface area contributed by atoms with E-state index in [1.165, 1.54) is 17.4 Å². The fourth-order valence-electron chi connectivity index (χ4n) is 7.29. The summed E-state index contributed by atoms with van der Waals surface area (Å²) in [6, 6.07) is 23.0. The van der Waals surface area contributed by atoms with Gasteiger partial charge in [-0.3, -0.25) is 14.4 Å². The number of hydrogen-bond donors (Lipinski definition) is 2. The molecule has 3 aliphatic heterocycles. The Morgan fingerprint density at radius 3 is 2.38 bits per heavy atom. The zero-order chi connectivity index (χ0) is 36.0. The van der Waals surface area contributed by atoms with E-state index in [2.05, 4.69) is 20.5 Å². The van der Waals surface area contributed by atoms with Crippen LogP contribution in [0.4, 0.5) is 27.3 Å². The maximum Gasteiger partial charge on any atom is 0.265 e. The molecule has 3 aromatic carbocycles. The summed E-state index contributed by atoms with van der Waals surface area (Å²) in [5, 5.41) is 5.76. The number of pyridine rings is 1. The van der Waals surface area contributed by atoms with Crippen molar-refractivity contribution in [2.75, 3.05) is 53.3 Å². The number of carbonyl (C=O) groups excluding carboxylic acids is 3. The number of thiophene rings is 1. The van der Waals surface area contributed by atoms with E-state index in [-0.39, 0.29) is 28.8 Å². The number of aromatic nitrogens is 1. The van der Waals surface area contributed by atoms with Crippen LogP contribution in [-0.4, -0.2) is 55.6 Å². The van der Waals surface area contributed by atoms with Gasteiger partial charge in [0, 0.05) is 52.9 Å². The van der Waals surface area contributed by atoms with Gasteiger partial charge in [-0.2, -0.15) is 0 Å². The van der Waals surface area contributed by atoms with Crippen LogP contribution in [0.3, 0.4) is 0 Å². The summed E-state index contributed by atoms with van der Waals surface area (Å²) in [5.74, 6) is -0.584. The Balaban J connectivity index is 0.978. The molecule has 52 heavy (non-hydrogen) atoms. The number of anilines is 4. The predicted octanol–water partition coefficient (Wildman–Crippen LogP) is 7.89. The highest BCUT2D eigenvalue weighted by atomic mass is 32.1. The lowest BCUT2D eigenvalue weighted by Gasteiger charge is -2.47. The number of nitrogens with zero attached hydrogens (tertiary/aromatic N) is 3. The summed E-state index contributed by atoms with van der Waals surface area (Å²) in [7, 11) is 0. The molecule has 3 amide bonds. The molecule has 0 bridgehead atoms. The lowest BCUT2D eigenvalue weighted by molar-refractivity contribution is -0.124. The maximum atomic E-state index is 14.5. The highest BCUT2D eigenvalue weighted by molar-refractivity contribution is 7.17. The van der Waals surface area contributed by atoms with Gasteiger partial charge in [0.1, 0.15) is 11.6 Å². The first-order valence-corrected chi connectivity index (χ1v) is 18.3. The predicted molar refractivity (Wildman–Crippen MR) is 202 cm³/mol. The molecule has 9 nitrogen and oxygen atoms in total. The standard InChI is InChI=1S/C41H38FN5O4S/c1-25-20-31(37(43-22-25)46-18-15-41(16-19-46)23-51-24-41)38(48)44-29-12-10-27(11-13-29)40(50)47-17-14-28-21-34(52-36(28)30-7-3-4-9-33(30)47)39(49)45-35-26(2)6-5-8-32(35)42/h3-13,20-22H,14-19,23-24H2,1-2H3,(H,44,48)(H,45,49). The van der Waals surface area contributed by atoms with E-state index in [9.17, 15) is 18.8 Å². The Morgan fingerprint density at radius 2 is 1.65 bits per heavy atom. The van der Waals surface area contributed by atoms with Gasteiger partial charge in [0.2, 0.25) is 0 Å². The topological polar surface area (TPSA) is 104 Å². The van der Waals surface area contributed by atoms with Gasteiger partial charge >= 0.3 is 0 Å². The number of halogens is 1.